The van der Waals surface area contributed by atoms with Crippen LogP contribution in [0.4, 0.5) is 0 Å². The van der Waals surface area contributed by atoms with Gasteiger partial charge in [0.2, 0.25) is 0 Å². The van der Waals surface area contributed by atoms with Crippen molar-refractivity contribution in [3.8, 4) is 0 Å². The van der Waals surface area contributed by atoms with E-state index >= 15 is 0 Å². The van der Waals surface area contributed by atoms with Crippen molar-refractivity contribution in [1.82, 2.24) is 4.98 Å². The minimum Gasteiger partial charge on any atom is -0.292 e. The van der Waals surface area contributed by atoms with E-state index in [9.17, 15) is 9.00 Å². The van der Waals surface area contributed by atoms with Gasteiger partial charge in [0.25, 0.3) is 0 Å². The van der Waals surface area contributed by atoms with E-state index in [1.807, 2.05) is 19.9 Å². The fraction of sp³-hybridized carbons (Fsp3) is 0.600. The summed E-state index contributed by atoms with van der Waals surface area (Å²) >= 11 is 0. The number of fused-ring (bicyclic) bond motifs is 2. The van der Waals surface area contributed by atoms with E-state index in [0.717, 1.165) is 36.8 Å². The van der Waals surface area contributed by atoms with Crippen molar-refractivity contribution >= 4 is 16.6 Å². The molecular formula is C15H19NO2S. The van der Waals surface area contributed by atoms with Crippen LogP contribution in [0.3, 0.4) is 0 Å². The molecule has 2 unspecified atom stereocenters. The van der Waals surface area contributed by atoms with Crippen LogP contribution >= 0.6 is 0 Å². The molecule has 19 heavy (non-hydrogen) atoms. The number of nitrogens with zero attached hydrogens (tertiary/aromatic N) is 1. The lowest BCUT2D eigenvalue weighted by atomic mass is 9.91. The zero-order chi connectivity index (χ0) is 13.6. The van der Waals surface area contributed by atoms with E-state index < -0.39 is 10.8 Å². The van der Waals surface area contributed by atoms with Gasteiger partial charge in [-0.05, 0) is 50.7 Å². The van der Waals surface area contributed by atoms with E-state index in [4.69, 9.17) is 0 Å². The summed E-state index contributed by atoms with van der Waals surface area (Å²) in [5.41, 5.74) is 2.66. The Morgan fingerprint density at radius 1 is 1.26 bits per heavy atom. The number of carbonyl (C=O) groups excluding carboxylic acids is 1. The van der Waals surface area contributed by atoms with Crippen LogP contribution in [0, 0.1) is 19.8 Å². The molecule has 0 radical (unpaired) electrons. The van der Waals surface area contributed by atoms with Gasteiger partial charge in [0.15, 0.2) is 5.78 Å². The maximum Gasteiger partial charge on any atom is 0.184 e. The molecular weight excluding hydrogens is 258 g/mol. The summed E-state index contributed by atoms with van der Waals surface area (Å²) < 4.78 is 12.0. The number of rotatable bonds is 2. The van der Waals surface area contributed by atoms with Gasteiger partial charge in [-0.25, -0.2) is 0 Å². The first-order chi connectivity index (χ1) is 9.06. The molecule has 3 nitrogen and oxygen atoms in total. The fourth-order valence-electron chi connectivity index (χ4n) is 3.41. The second kappa shape index (κ2) is 4.82. The highest BCUT2D eigenvalue weighted by Gasteiger charge is 2.43. The Labute approximate surface area is 116 Å². The predicted molar refractivity (Wildman–Crippen MR) is 75.7 cm³/mol. The smallest absolute Gasteiger partial charge is 0.184 e. The molecule has 1 aromatic rings. The molecule has 2 aliphatic heterocycles. The van der Waals surface area contributed by atoms with Gasteiger partial charge < -0.3 is 0 Å². The Hall–Kier alpha value is -1.03. The van der Waals surface area contributed by atoms with Crippen molar-refractivity contribution in [3.05, 3.63) is 29.1 Å². The van der Waals surface area contributed by atoms with Gasteiger partial charge in [0.05, 0.1) is 0 Å². The highest BCUT2D eigenvalue weighted by atomic mass is 32.2. The first kappa shape index (κ1) is 13.0. The third-order valence-corrected chi connectivity index (χ3v) is 6.55. The van der Waals surface area contributed by atoms with Gasteiger partial charge in [-0.3, -0.25) is 14.0 Å². The Bertz CT molecular complexity index is 539. The molecule has 0 aromatic carbocycles. The average Bonchev–Trinajstić information content (AvgIpc) is 2.61. The van der Waals surface area contributed by atoms with Crippen LogP contribution in [0.15, 0.2) is 12.3 Å². The van der Waals surface area contributed by atoms with Crippen LogP contribution in [-0.2, 0) is 10.8 Å². The highest BCUT2D eigenvalue weighted by molar-refractivity contribution is 7.86. The number of hydrogen-bond acceptors (Lipinski definition) is 3. The van der Waals surface area contributed by atoms with Crippen molar-refractivity contribution in [2.75, 3.05) is 0 Å². The minimum absolute atomic E-state index is 0.0316. The highest BCUT2D eigenvalue weighted by Crippen LogP contribution is 2.39. The van der Waals surface area contributed by atoms with Crippen LogP contribution in [0.1, 0.15) is 47.3 Å². The molecule has 2 aliphatic rings. The van der Waals surface area contributed by atoms with Crippen LogP contribution in [-0.4, -0.2) is 25.5 Å². The molecule has 1 aromatic heterocycles. The summed E-state index contributed by atoms with van der Waals surface area (Å²) in [5, 5.41) is 0.497. The maximum absolute atomic E-state index is 12.6. The molecule has 102 valence electrons. The number of aromatic nitrogens is 1. The Balaban J connectivity index is 1.83. The fourth-order valence-corrected chi connectivity index (χ4v) is 5.54. The molecule has 0 saturated carbocycles. The van der Waals surface area contributed by atoms with Crippen LogP contribution < -0.4 is 0 Å². The Morgan fingerprint density at radius 2 is 1.89 bits per heavy atom. The van der Waals surface area contributed by atoms with E-state index in [1.165, 1.54) is 0 Å². The normalized spacial score (nSPS) is 33.4. The van der Waals surface area contributed by atoms with E-state index in [2.05, 4.69) is 4.98 Å². The zero-order valence-electron chi connectivity index (χ0n) is 11.4. The minimum atomic E-state index is -0.694. The number of hydrogen-bond donors (Lipinski definition) is 0. The van der Waals surface area contributed by atoms with Gasteiger partial charge in [0.1, 0.15) is 5.69 Å². The van der Waals surface area contributed by atoms with Gasteiger partial charge >= 0.3 is 0 Å². The summed E-state index contributed by atoms with van der Waals surface area (Å²) in [6, 6.07) is 2.01. The molecule has 3 rings (SSSR count). The van der Waals surface area contributed by atoms with Gasteiger partial charge in [-0.2, -0.15) is 0 Å². The number of pyridine rings is 1. The first-order valence-electron chi connectivity index (χ1n) is 6.93. The van der Waals surface area contributed by atoms with Crippen molar-refractivity contribution < 1.29 is 9.00 Å². The van der Waals surface area contributed by atoms with E-state index in [0.29, 0.717) is 5.69 Å². The topological polar surface area (TPSA) is 47.0 Å². The molecule has 2 fully saturated rings. The number of Topliss-reactive ketones (excluding diaryl/α,β-unsaturated/α-hetero) is 1. The molecule has 0 aliphatic carbocycles. The summed E-state index contributed by atoms with van der Waals surface area (Å²) in [6.07, 6.45) is 5.40. The van der Waals surface area contributed by atoms with Crippen molar-refractivity contribution in [2.24, 2.45) is 5.92 Å². The average molecular weight is 277 g/mol. The van der Waals surface area contributed by atoms with Gasteiger partial charge in [-0.15, -0.1) is 0 Å². The van der Waals surface area contributed by atoms with Gasteiger partial charge in [-0.1, -0.05) is 6.07 Å². The van der Waals surface area contributed by atoms with Crippen molar-refractivity contribution in [1.29, 1.82) is 0 Å². The third kappa shape index (κ3) is 2.27. The summed E-state index contributed by atoms with van der Waals surface area (Å²) in [7, 11) is -0.694. The monoisotopic (exact) mass is 277 g/mol. The molecule has 0 N–H and O–H groups in total. The lowest BCUT2D eigenvalue weighted by Gasteiger charge is -2.26. The largest absolute Gasteiger partial charge is 0.292 e. The van der Waals surface area contributed by atoms with E-state index in [-0.39, 0.29) is 22.2 Å². The Kier molecular flexibility index (Phi) is 3.29. The lowest BCUT2D eigenvalue weighted by Crippen LogP contribution is -2.32. The van der Waals surface area contributed by atoms with E-state index in [1.54, 1.807) is 6.20 Å². The van der Waals surface area contributed by atoms with Gasteiger partial charge in [0, 0.05) is 33.4 Å². The molecule has 2 saturated heterocycles. The molecule has 4 heteroatoms. The van der Waals surface area contributed by atoms with Crippen LogP contribution in [0.25, 0.3) is 0 Å². The molecule has 0 spiro atoms. The SMILES string of the molecule is Cc1cnc(C(=O)C2CC3CCC(C2)S3=O)c(C)c1. The quantitative estimate of drug-likeness (QED) is 0.781. The molecule has 0 amide bonds. The number of carbonyl (C=O) groups is 1. The molecule has 2 atom stereocenters. The second-order valence-electron chi connectivity index (χ2n) is 5.86. The van der Waals surface area contributed by atoms with Crippen molar-refractivity contribution in [2.45, 2.75) is 50.0 Å². The molecule has 2 bridgehead atoms. The first-order valence-corrected chi connectivity index (χ1v) is 8.20. The summed E-state index contributed by atoms with van der Waals surface area (Å²) in [5.74, 6) is 0.190. The van der Waals surface area contributed by atoms with Crippen LogP contribution in [0.5, 0.6) is 0 Å². The zero-order valence-corrected chi connectivity index (χ0v) is 12.2. The lowest BCUT2D eigenvalue weighted by molar-refractivity contribution is 0.0900. The summed E-state index contributed by atoms with van der Waals surface area (Å²) in [6.45, 7) is 3.93. The van der Waals surface area contributed by atoms with Crippen molar-refractivity contribution in [3.63, 3.8) is 0 Å². The number of aryl methyl sites for hydroxylation is 2. The number of ketones is 1. The summed E-state index contributed by atoms with van der Waals surface area (Å²) in [4.78, 5) is 16.9. The Morgan fingerprint density at radius 3 is 2.47 bits per heavy atom. The molecule has 3 heterocycles. The second-order valence-corrected chi connectivity index (χ2v) is 7.85. The van der Waals surface area contributed by atoms with Crippen LogP contribution in [0.2, 0.25) is 0 Å². The standard InChI is InChI=1S/C15H19NO2S/c1-9-5-10(2)14(16-8-9)15(17)11-6-12-3-4-13(7-11)19(12)18/h5,8,11-13H,3-4,6-7H2,1-2H3. The maximum atomic E-state index is 12.6. The predicted octanol–water partition coefficient (Wildman–Crippen LogP) is 2.57. The third-order valence-electron chi connectivity index (χ3n) is 4.38.